The predicted molar refractivity (Wildman–Crippen MR) is 163 cm³/mol. The fraction of sp³-hybridized carbons (Fsp3) is 0.290. The van der Waals surface area contributed by atoms with Crippen LogP contribution < -0.4 is 14.2 Å². The van der Waals surface area contributed by atoms with Crippen molar-refractivity contribution in [2.24, 2.45) is 5.41 Å². The SMILES string of the molecule is COc1ccc([C@@H]2N3C(=O)[C@](C)(SC(=O)Oc4ccccc4)N(C)C(=O)[C@@]3(SC(=O)Oc3ccccc3)C[C@]2(C)C#N)cn1. The van der Waals surface area contributed by atoms with E-state index in [4.69, 9.17) is 14.2 Å². The van der Waals surface area contributed by atoms with Crippen LogP contribution in [0.1, 0.15) is 31.9 Å². The molecule has 1 aromatic heterocycles. The molecule has 2 amide bonds. The highest BCUT2D eigenvalue weighted by Gasteiger charge is 2.72. The Balaban J connectivity index is 1.59. The first-order valence-corrected chi connectivity index (χ1v) is 15.1. The van der Waals surface area contributed by atoms with Crippen molar-refractivity contribution >= 4 is 45.9 Å². The quantitative estimate of drug-likeness (QED) is 0.312. The van der Waals surface area contributed by atoms with Gasteiger partial charge in [0, 0.05) is 25.7 Å². The van der Waals surface area contributed by atoms with E-state index in [1.807, 2.05) is 0 Å². The molecule has 5 rings (SSSR count). The molecule has 2 aromatic carbocycles. The van der Waals surface area contributed by atoms with Crippen molar-refractivity contribution in [2.75, 3.05) is 14.2 Å². The van der Waals surface area contributed by atoms with Crippen molar-refractivity contribution in [3.05, 3.63) is 84.6 Å². The Labute approximate surface area is 262 Å². The third-order valence-corrected chi connectivity index (χ3v) is 9.91. The summed E-state index contributed by atoms with van der Waals surface area (Å²) in [4.78, 5) is 58.7. The number of amides is 2. The van der Waals surface area contributed by atoms with E-state index in [2.05, 4.69) is 11.1 Å². The number of pyridine rings is 1. The number of hydrogen-bond acceptors (Lipinski definition) is 11. The molecule has 226 valence electrons. The van der Waals surface area contributed by atoms with Gasteiger partial charge in [0.05, 0.1) is 24.6 Å². The van der Waals surface area contributed by atoms with Gasteiger partial charge in [0.2, 0.25) is 5.88 Å². The van der Waals surface area contributed by atoms with E-state index in [0.29, 0.717) is 35.0 Å². The summed E-state index contributed by atoms with van der Waals surface area (Å²) in [5.41, 5.74) is -0.915. The number of nitriles is 1. The van der Waals surface area contributed by atoms with Crippen molar-refractivity contribution in [3.8, 4) is 23.4 Å². The molecule has 2 saturated heterocycles. The van der Waals surface area contributed by atoms with Gasteiger partial charge < -0.3 is 24.0 Å². The molecule has 0 spiro atoms. The second-order valence-corrected chi connectivity index (χ2v) is 13.1. The first kappa shape index (κ1) is 30.9. The van der Waals surface area contributed by atoms with E-state index < -0.39 is 43.6 Å². The number of hydrogen-bond donors (Lipinski definition) is 0. The summed E-state index contributed by atoms with van der Waals surface area (Å²) in [5.74, 6) is -0.506. The van der Waals surface area contributed by atoms with E-state index >= 15 is 0 Å². The van der Waals surface area contributed by atoms with Crippen LogP contribution >= 0.6 is 23.5 Å². The molecular weight excluding hydrogens is 604 g/mol. The summed E-state index contributed by atoms with van der Waals surface area (Å²) in [6.07, 6.45) is 1.26. The number of benzene rings is 2. The topological polar surface area (TPSA) is 139 Å². The maximum atomic E-state index is 14.7. The molecule has 3 heterocycles. The maximum absolute atomic E-state index is 14.7. The molecule has 0 aliphatic carbocycles. The van der Waals surface area contributed by atoms with Gasteiger partial charge in [0.1, 0.15) is 11.5 Å². The molecule has 0 saturated carbocycles. The van der Waals surface area contributed by atoms with Crippen molar-refractivity contribution < 1.29 is 33.4 Å². The number of rotatable bonds is 6. The molecular formula is C31H28N4O7S2. The van der Waals surface area contributed by atoms with Crippen molar-refractivity contribution in [2.45, 2.75) is 36.1 Å². The first-order chi connectivity index (χ1) is 21.0. The normalized spacial score (nSPS) is 26.0. The summed E-state index contributed by atoms with van der Waals surface area (Å²) in [5, 5.41) is 8.84. The number of likely N-dealkylation sites (N-methyl/N-ethyl adjacent to an activating group) is 1. The Morgan fingerprint density at radius 1 is 0.909 bits per heavy atom. The van der Waals surface area contributed by atoms with Crippen LogP contribution in [0.15, 0.2) is 79.0 Å². The van der Waals surface area contributed by atoms with E-state index in [0.717, 1.165) is 4.90 Å². The summed E-state index contributed by atoms with van der Waals surface area (Å²) < 4.78 is 16.1. The smallest absolute Gasteiger partial charge is 0.375 e. The largest absolute Gasteiger partial charge is 0.481 e. The highest BCUT2D eigenvalue weighted by atomic mass is 32.2. The lowest BCUT2D eigenvalue weighted by molar-refractivity contribution is -0.163. The minimum atomic E-state index is -1.88. The number of ether oxygens (including phenoxy) is 3. The Morgan fingerprint density at radius 2 is 1.48 bits per heavy atom. The Hall–Kier alpha value is -4.54. The van der Waals surface area contributed by atoms with Crippen LogP contribution in [0.2, 0.25) is 0 Å². The van der Waals surface area contributed by atoms with E-state index in [9.17, 15) is 24.4 Å². The maximum Gasteiger partial charge on any atom is 0.375 e. The number of methoxy groups -OCH3 is 1. The lowest BCUT2D eigenvalue weighted by Gasteiger charge is -2.52. The van der Waals surface area contributed by atoms with Gasteiger partial charge in [0.25, 0.3) is 11.8 Å². The number of piperazine rings is 1. The summed E-state index contributed by atoms with van der Waals surface area (Å²) in [6, 6.07) is 21.1. The van der Waals surface area contributed by atoms with E-state index in [-0.39, 0.29) is 17.9 Å². The van der Waals surface area contributed by atoms with Gasteiger partial charge in [-0.25, -0.2) is 14.6 Å². The zero-order chi connectivity index (χ0) is 31.7. The third-order valence-electron chi connectivity index (χ3n) is 7.71. The molecule has 0 radical (unpaired) electrons. The monoisotopic (exact) mass is 632 g/mol. The fourth-order valence-electron chi connectivity index (χ4n) is 5.50. The van der Waals surface area contributed by atoms with E-state index in [1.54, 1.807) is 79.7 Å². The van der Waals surface area contributed by atoms with Gasteiger partial charge in [-0.05, 0) is 73.3 Å². The van der Waals surface area contributed by atoms with Gasteiger partial charge in [-0.2, -0.15) is 5.26 Å². The second-order valence-electron chi connectivity index (χ2n) is 10.6. The molecule has 2 aliphatic heterocycles. The number of aromatic nitrogens is 1. The first-order valence-electron chi connectivity index (χ1n) is 13.4. The molecule has 44 heavy (non-hydrogen) atoms. The number of thioether (sulfide) groups is 2. The molecule has 0 N–H and O–H groups in total. The molecule has 2 aliphatic rings. The van der Waals surface area contributed by atoms with Gasteiger partial charge >= 0.3 is 10.6 Å². The highest BCUT2D eigenvalue weighted by Crippen LogP contribution is 2.62. The molecule has 13 heteroatoms. The van der Waals surface area contributed by atoms with Crippen molar-refractivity contribution in [1.82, 2.24) is 14.8 Å². The van der Waals surface area contributed by atoms with Gasteiger partial charge in [-0.1, -0.05) is 36.4 Å². The van der Waals surface area contributed by atoms with Gasteiger partial charge in [0.15, 0.2) is 9.74 Å². The Morgan fingerprint density at radius 3 is 1.98 bits per heavy atom. The molecule has 11 nitrogen and oxygen atoms in total. The van der Waals surface area contributed by atoms with Crippen LogP contribution in [0.25, 0.3) is 0 Å². The zero-order valence-electron chi connectivity index (χ0n) is 24.3. The van der Waals surface area contributed by atoms with Gasteiger partial charge in [-0.15, -0.1) is 0 Å². The zero-order valence-corrected chi connectivity index (χ0v) is 25.9. The number of fused-ring (bicyclic) bond motifs is 1. The molecule has 0 unspecified atom stereocenters. The van der Waals surface area contributed by atoms with Crippen LogP contribution in [0.3, 0.4) is 0 Å². The number of para-hydroxylation sites is 2. The molecule has 3 aromatic rings. The highest BCUT2D eigenvalue weighted by molar-refractivity contribution is 8.15. The molecule has 4 atom stereocenters. The summed E-state index contributed by atoms with van der Waals surface area (Å²) >= 11 is 1.05. The van der Waals surface area contributed by atoms with Crippen LogP contribution in [0, 0.1) is 16.7 Å². The number of nitrogens with zero attached hydrogens (tertiary/aromatic N) is 4. The standard InChI is InChI=1S/C31H28N4O7S2/c1-29(19-32)18-31(44-28(39)42-22-13-9-6-10-14-22)26(37)34(3)30(2,43-27(38)41-21-11-7-5-8-12-21)25(36)35(31)24(29)20-15-16-23(40-4)33-17-20/h5-17,24H,18H2,1-4H3/t24-,29+,30-,31-/m0/s1. The molecule has 2 fully saturated rings. The predicted octanol–water partition coefficient (Wildman–Crippen LogP) is 5.64. The van der Waals surface area contributed by atoms with Crippen molar-refractivity contribution in [1.29, 1.82) is 5.26 Å². The fourth-order valence-corrected chi connectivity index (χ4v) is 7.66. The lowest BCUT2D eigenvalue weighted by atomic mass is 9.80. The van der Waals surface area contributed by atoms with E-state index in [1.165, 1.54) is 32.2 Å². The minimum Gasteiger partial charge on any atom is -0.481 e. The number of carbonyl (C=O) groups is 4. The summed E-state index contributed by atoms with van der Waals surface area (Å²) in [6.45, 7) is 3.06. The Kier molecular flexibility index (Phi) is 8.33. The van der Waals surface area contributed by atoms with Crippen LogP contribution in [-0.4, -0.2) is 61.1 Å². The van der Waals surface area contributed by atoms with Crippen LogP contribution in [-0.2, 0) is 9.59 Å². The van der Waals surface area contributed by atoms with Gasteiger partial charge in [-0.3, -0.25) is 9.59 Å². The summed E-state index contributed by atoms with van der Waals surface area (Å²) in [7, 11) is 2.84. The molecule has 0 bridgehead atoms. The Bertz CT molecular complexity index is 1640. The average Bonchev–Trinajstić information content (AvgIpc) is 3.29. The second kappa shape index (κ2) is 11.9. The number of carbonyl (C=O) groups excluding carboxylic acids is 4. The van der Waals surface area contributed by atoms with Crippen molar-refractivity contribution in [3.63, 3.8) is 0 Å². The minimum absolute atomic E-state index is 0.203. The van der Waals surface area contributed by atoms with Crippen LogP contribution in [0.5, 0.6) is 17.4 Å². The average molecular weight is 633 g/mol. The third kappa shape index (κ3) is 5.35. The van der Waals surface area contributed by atoms with Crippen LogP contribution in [0.4, 0.5) is 9.59 Å². The lowest BCUT2D eigenvalue weighted by Crippen LogP contribution is -2.71.